The second-order valence-corrected chi connectivity index (χ2v) is 5.69. The minimum absolute atomic E-state index is 0.0190. The van der Waals surface area contributed by atoms with E-state index in [1.165, 1.54) is 25.2 Å². The smallest absolute Gasteiger partial charge is 0.338 e. The summed E-state index contributed by atoms with van der Waals surface area (Å²) in [7, 11) is 1.36. The summed E-state index contributed by atoms with van der Waals surface area (Å²) in [6.45, 7) is -0.108. The molecule has 1 aromatic carbocycles. The van der Waals surface area contributed by atoms with Crippen LogP contribution in [0.3, 0.4) is 0 Å². The molecule has 1 aliphatic carbocycles. The minimum atomic E-state index is -4.49. The fourth-order valence-electron chi connectivity index (χ4n) is 2.43. The van der Waals surface area contributed by atoms with E-state index in [4.69, 9.17) is 0 Å². The van der Waals surface area contributed by atoms with Crippen molar-refractivity contribution in [1.29, 1.82) is 0 Å². The van der Waals surface area contributed by atoms with Crippen LogP contribution in [0.5, 0.6) is 0 Å². The number of hydrogen-bond acceptors (Lipinski definition) is 1. The Kier molecular flexibility index (Phi) is 5.11. The molecule has 2 rings (SSSR count). The zero-order valence-corrected chi connectivity index (χ0v) is 12.4. The van der Waals surface area contributed by atoms with Crippen LogP contribution in [0.1, 0.15) is 17.5 Å². The average molecular weight is 336 g/mol. The van der Waals surface area contributed by atoms with Gasteiger partial charge in [0, 0.05) is 26.1 Å². The highest BCUT2D eigenvalue weighted by Gasteiger charge is 2.44. The SMILES string of the molecule is CN(Cc1ccccc1C(F)(F)F)C(=O)NC[C@@H]1C[C@@H]1C(F)F. The number of alkyl halides is 5. The van der Waals surface area contributed by atoms with Crippen LogP contribution in [0.15, 0.2) is 24.3 Å². The number of halogens is 5. The third-order valence-corrected chi connectivity index (χ3v) is 3.89. The lowest BCUT2D eigenvalue weighted by molar-refractivity contribution is -0.138. The van der Waals surface area contributed by atoms with Crippen molar-refractivity contribution in [2.45, 2.75) is 25.6 Å². The molecule has 1 aromatic rings. The fraction of sp³-hybridized carbons (Fsp3) is 0.533. The van der Waals surface area contributed by atoms with Crippen molar-refractivity contribution in [2.24, 2.45) is 11.8 Å². The van der Waals surface area contributed by atoms with E-state index in [2.05, 4.69) is 5.32 Å². The number of amides is 2. The third kappa shape index (κ3) is 4.56. The van der Waals surface area contributed by atoms with Gasteiger partial charge in [-0.15, -0.1) is 0 Å². The third-order valence-electron chi connectivity index (χ3n) is 3.89. The molecule has 1 aliphatic rings. The zero-order valence-electron chi connectivity index (χ0n) is 12.4. The summed E-state index contributed by atoms with van der Waals surface area (Å²) >= 11 is 0. The summed E-state index contributed by atoms with van der Waals surface area (Å²) in [6.07, 6.45) is -6.53. The molecule has 0 aromatic heterocycles. The van der Waals surface area contributed by atoms with Crippen LogP contribution in [-0.2, 0) is 12.7 Å². The molecular weight excluding hydrogens is 319 g/mol. The largest absolute Gasteiger partial charge is 0.416 e. The molecule has 0 spiro atoms. The van der Waals surface area contributed by atoms with Crippen LogP contribution >= 0.6 is 0 Å². The van der Waals surface area contributed by atoms with Gasteiger partial charge < -0.3 is 10.2 Å². The van der Waals surface area contributed by atoms with E-state index in [1.54, 1.807) is 0 Å². The predicted octanol–water partition coefficient (Wildman–Crippen LogP) is 3.75. The van der Waals surface area contributed by atoms with Crippen molar-refractivity contribution in [2.75, 3.05) is 13.6 Å². The summed E-state index contributed by atoms with van der Waals surface area (Å²) in [5, 5.41) is 2.48. The van der Waals surface area contributed by atoms with Gasteiger partial charge in [-0.2, -0.15) is 13.2 Å². The maximum Gasteiger partial charge on any atom is 0.416 e. The molecule has 128 valence electrons. The molecule has 2 atom stereocenters. The van der Waals surface area contributed by atoms with Gasteiger partial charge in [0.25, 0.3) is 0 Å². The number of urea groups is 1. The Balaban J connectivity index is 1.89. The van der Waals surface area contributed by atoms with Crippen LogP contribution in [0.2, 0.25) is 0 Å². The van der Waals surface area contributed by atoms with Crippen LogP contribution in [0.25, 0.3) is 0 Å². The second-order valence-electron chi connectivity index (χ2n) is 5.69. The molecule has 8 heteroatoms. The highest BCUT2D eigenvalue weighted by molar-refractivity contribution is 5.73. The molecule has 0 aliphatic heterocycles. The van der Waals surface area contributed by atoms with Crippen LogP contribution in [0, 0.1) is 11.8 Å². The van der Waals surface area contributed by atoms with Gasteiger partial charge >= 0.3 is 12.2 Å². The van der Waals surface area contributed by atoms with Gasteiger partial charge in [0.15, 0.2) is 0 Å². The Labute approximate surface area is 130 Å². The molecule has 1 saturated carbocycles. The van der Waals surface area contributed by atoms with Crippen LogP contribution in [-0.4, -0.2) is 30.9 Å². The standard InChI is InChI=1S/C15H17F5N2O/c1-22(14(23)21-7-10-6-11(10)13(16)17)8-9-4-2-3-5-12(9)15(18,19)20/h2-5,10-11,13H,6-8H2,1H3,(H,21,23)/t10-,11-/m0/s1. The number of carbonyl (C=O) groups is 1. The molecular formula is C15H17F5N2O. The van der Waals surface area contributed by atoms with E-state index in [9.17, 15) is 26.7 Å². The Hall–Kier alpha value is -1.86. The molecule has 0 unspecified atom stereocenters. The summed E-state index contributed by atoms with van der Waals surface area (Å²) in [6, 6.07) is 4.43. The highest BCUT2D eigenvalue weighted by Crippen LogP contribution is 2.42. The maximum atomic E-state index is 12.9. The summed E-state index contributed by atoms with van der Waals surface area (Å²) in [5.74, 6) is -0.943. The van der Waals surface area contributed by atoms with Crippen molar-refractivity contribution in [3.8, 4) is 0 Å². The first-order valence-electron chi connectivity index (χ1n) is 7.12. The zero-order chi connectivity index (χ0) is 17.2. The number of hydrogen-bond donors (Lipinski definition) is 1. The predicted molar refractivity (Wildman–Crippen MR) is 73.9 cm³/mol. The Bertz CT molecular complexity index is 561. The van der Waals surface area contributed by atoms with Gasteiger partial charge in [-0.25, -0.2) is 13.6 Å². The number of rotatable bonds is 5. The first-order chi connectivity index (χ1) is 10.7. The van der Waals surface area contributed by atoms with Gasteiger partial charge in [-0.05, 0) is 24.0 Å². The van der Waals surface area contributed by atoms with E-state index >= 15 is 0 Å². The van der Waals surface area contributed by atoms with Gasteiger partial charge in [0.05, 0.1) is 5.56 Å². The second kappa shape index (κ2) is 6.72. The fourth-order valence-corrected chi connectivity index (χ4v) is 2.43. The lowest BCUT2D eigenvalue weighted by atomic mass is 10.1. The van der Waals surface area contributed by atoms with Crippen LogP contribution < -0.4 is 5.32 Å². The van der Waals surface area contributed by atoms with E-state index in [0.717, 1.165) is 11.0 Å². The first kappa shape index (κ1) is 17.5. The molecule has 23 heavy (non-hydrogen) atoms. The van der Waals surface area contributed by atoms with Crippen molar-refractivity contribution < 1.29 is 26.7 Å². The number of nitrogens with one attached hydrogen (secondary N) is 1. The van der Waals surface area contributed by atoms with Crippen molar-refractivity contribution >= 4 is 6.03 Å². The number of carbonyl (C=O) groups excluding carboxylic acids is 1. The average Bonchev–Trinajstić information content (AvgIpc) is 3.24. The van der Waals surface area contributed by atoms with Gasteiger partial charge in [0.1, 0.15) is 0 Å². The first-order valence-corrected chi connectivity index (χ1v) is 7.12. The summed E-state index contributed by atoms with van der Waals surface area (Å²) in [4.78, 5) is 13.0. The Morgan fingerprint density at radius 2 is 2.00 bits per heavy atom. The number of benzene rings is 1. The van der Waals surface area contributed by atoms with Gasteiger partial charge in [0.2, 0.25) is 6.43 Å². The van der Waals surface area contributed by atoms with Crippen LogP contribution in [0.4, 0.5) is 26.7 Å². The van der Waals surface area contributed by atoms with E-state index in [1.807, 2.05) is 0 Å². The molecule has 0 bridgehead atoms. The Morgan fingerprint density at radius 3 is 2.57 bits per heavy atom. The highest BCUT2D eigenvalue weighted by atomic mass is 19.4. The maximum absolute atomic E-state index is 12.9. The molecule has 0 heterocycles. The van der Waals surface area contributed by atoms with Gasteiger partial charge in [-0.1, -0.05) is 18.2 Å². The summed E-state index contributed by atoms with van der Waals surface area (Å²) in [5.41, 5.74) is -0.811. The minimum Gasteiger partial charge on any atom is -0.338 e. The van der Waals surface area contributed by atoms with E-state index in [0.29, 0.717) is 6.42 Å². The monoisotopic (exact) mass is 336 g/mol. The quantitative estimate of drug-likeness (QED) is 0.816. The molecule has 3 nitrogen and oxygen atoms in total. The van der Waals surface area contributed by atoms with Crippen molar-refractivity contribution in [3.05, 3.63) is 35.4 Å². The molecule has 0 radical (unpaired) electrons. The normalized spacial score (nSPS) is 20.5. The summed E-state index contributed by atoms with van der Waals surface area (Å²) < 4.78 is 63.4. The lowest BCUT2D eigenvalue weighted by Gasteiger charge is -2.20. The topological polar surface area (TPSA) is 32.3 Å². The lowest BCUT2D eigenvalue weighted by Crippen LogP contribution is -2.38. The Morgan fingerprint density at radius 1 is 1.35 bits per heavy atom. The van der Waals surface area contributed by atoms with Crippen molar-refractivity contribution in [3.63, 3.8) is 0 Å². The van der Waals surface area contributed by atoms with E-state index < -0.39 is 30.1 Å². The molecule has 1 fully saturated rings. The molecule has 1 N–H and O–H groups in total. The molecule has 2 amide bonds. The van der Waals surface area contributed by atoms with Gasteiger partial charge in [-0.3, -0.25) is 0 Å². The van der Waals surface area contributed by atoms with E-state index in [-0.39, 0.29) is 24.6 Å². The molecule has 0 saturated heterocycles. The van der Waals surface area contributed by atoms with Crippen molar-refractivity contribution in [1.82, 2.24) is 10.2 Å². The number of nitrogens with zero attached hydrogens (tertiary/aromatic N) is 1.